The molecule has 1 aliphatic heterocycles. The summed E-state index contributed by atoms with van der Waals surface area (Å²) < 4.78 is 0. The van der Waals surface area contributed by atoms with Crippen LogP contribution < -0.4 is 5.32 Å². The van der Waals surface area contributed by atoms with Gasteiger partial charge in [-0.3, -0.25) is 4.79 Å². The normalized spacial score (nSPS) is 15.6. The van der Waals surface area contributed by atoms with Crippen molar-refractivity contribution in [2.24, 2.45) is 0 Å². The standard InChI is InChI=1S/C21H34N2O/c1-2-3-4-5-9-14-20(21(24)23-17-10-11-18-23)22-16-15-19-12-7-6-8-13-19/h6-8,12-13,20,22H,2-5,9-11,14-18H2,1H3/t20-/m0/s1. The quantitative estimate of drug-likeness (QED) is 0.618. The number of likely N-dealkylation sites (tertiary alicyclic amines) is 1. The van der Waals surface area contributed by atoms with Crippen LogP contribution in [0.5, 0.6) is 0 Å². The minimum absolute atomic E-state index is 0.00781. The van der Waals surface area contributed by atoms with Crippen LogP contribution in [0, 0.1) is 0 Å². The molecule has 1 atom stereocenters. The van der Waals surface area contributed by atoms with Crippen molar-refractivity contribution < 1.29 is 4.79 Å². The van der Waals surface area contributed by atoms with E-state index in [0.29, 0.717) is 5.91 Å². The molecule has 1 N–H and O–H groups in total. The molecule has 0 radical (unpaired) electrons. The van der Waals surface area contributed by atoms with Gasteiger partial charge in [0.15, 0.2) is 0 Å². The van der Waals surface area contributed by atoms with Crippen molar-refractivity contribution in [2.45, 2.75) is 70.8 Å². The van der Waals surface area contributed by atoms with Gasteiger partial charge in [0.1, 0.15) is 0 Å². The van der Waals surface area contributed by atoms with Crippen molar-refractivity contribution >= 4 is 5.91 Å². The van der Waals surface area contributed by atoms with E-state index in [9.17, 15) is 4.79 Å². The summed E-state index contributed by atoms with van der Waals surface area (Å²) in [5, 5.41) is 3.54. The zero-order chi connectivity index (χ0) is 17.0. The second-order valence-corrected chi connectivity index (χ2v) is 6.98. The molecule has 1 aliphatic rings. The van der Waals surface area contributed by atoms with E-state index >= 15 is 0 Å². The van der Waals surface area contributed by atoms with Crippen LogP contribution in [0.2, 0.25) is 0 Å². The van der Waals surface area contributed by atoms with Gasteiger partial charge in [-0.15, -0.1) is 0 Å². The SMILES string of the molecule is CCCCCCC[C@H](NCCc1ccccc1)C(=O)N1CCCC1. The lowest BCUT2D eigenvalue weighted by atomic mass is 10.0. The van der Waals surface area contributed by atoms with Crippen LogP contribution in [-0.4, -0.2) is 36.5 Å². The highest BCUT2D eigenvalue weighted by atomic mass is 16.2. The van der Waals surface area contributed by atoms with Crippen molar-refractivity contribution in [1.82, 2.24) is 10.2 Å². The van der Waals surface area contributed by atoms with Crippen LogP contribution in [-0.2, 0) is 11.2 Å². The number of unbranched alkanes of at least 4 members (excludes halogenated alkanes) is 4. The first-order valence-electron chi connectivity index (χ1n) is 9.87. The third-order valence-corrected chi connectivity index (χ3v) is 4.96. The van der Waals surface area contributed by atoms with Gasteiger partial charge >= 0.3 is 0 Å². The lowest BCUT2D eigenvalue weighted by molar-refractivity contribution is -0.132. The van der Waals surface area contributed by atoms with E-state index in [1.807, 2.05) is 6.07 Å². The number of amides is 1. The fourth-order valence-corrected chi connectivity index (χ4v) is 3.46. The summed E-state index contributed by atoms with van der Waals surface area (Å²) in [6.45, 7) is 5.02. The van der Waals surface area contributed by atoms with E-state index in [1.165, 1.54) is 44.1 Å². The summed E-state index contributed by atoms with van der Waals surface area (Å²) in [5.41, 5.74) is 1.33. The molecule has 0 spiro atoms. The van der Waals surface area contributed by atoms with E-state index in [4.69, 9.17) is 0 Å². The molecule has 1 aromatic rings. The maximum atomic E-state index is 12.8. The average Bonchev–Trinajstić information content (AvgIpc) is 3.15. The molecule has 2 rings (SSSR count). The van der Waals surface area contributed by atoms with Crippen LogP contribution in [0.25, 0.3) is 0 Å². The second kappa shape index (κ2) is 11.2. The van der Waals surface area contributed by atoms with Gasteiger partial charge in [0.2, 0.25) is 5.91 Å². The van der Waals surface area contributed by atoms with E-state index in [1.54, 1.807) is 0 Å². The third-order valence-electron chi connectivity index (χ3n) is 4.96. The first kappa shape index (κ1) is 19.0. The predicted octanol–water partition coefficient (Wildman–Crippen LogP) is 4.17. The first-order chi connectivity index (χ1) is 11.8. The molecule has 3 nitrogen and oxygen atoms in total. The van der Waals surface area contributed by atoms with Crippen LogP contribution in [0.1, 0.15) is 63.9 Å². The Morgan fingerprint density at radius 3 is 2.50 bits per heavy atom. The average molecular weight is 331 g/mol. The molecule has 0 aromatic heterocycles. The summed E-state index contributed by atoms with van der Waals surface area (Å²) in [7, 11) is 0. The van der Waals surface area contributed by atoms with Crippen molar-refractivity contribution in [3.63, 3.8) is 0 Å². The van der Waals surface area contributed by atoms with Crippen LogP contribution >= 0.6 is 0 Å². The molecule has 0 unspecified atom stereocenters. The van der Waals surface area contributed by atoms with Gasteiger partial charge in [0.05, 0.1) is 6.04 Å². The molecule has 3 heteroatoms. The number of rotatable bonds is 11. The summed E-state index contributed by atoms with van der Waals surface area (Å²) in [6.07, 6.45) is 10.6. The molecule has 1 aromatic carbocycles. The van der Waals surface area contributed by atoms with E-state index < -0.39 is 0 Å². The van der Waals surface area contributed by atoms with Gasteiger partial charge in [0.25, 0.3) is 0 Å². The van der Waals surface area contributed by atoms with Crippen molar-refractivity contribution in [2.75, 3.05) is 19.6 Å². The first-order valence-corrected chi connectivity index (χ1v) is 9.87. The van der Waals surface area contributed by atoms with Crippen LogP contribution in [0.15, 0.2) is 30.3 Å². The Labute approximate surface area is 147 Å². The molecule has 1 amide bonds. The lowest BCUT2D eigenvalue weighted by Gasteiger charge is -2.24. The van der Waals surface area contributed by atoms with Crippen molar-refractivity contribution in [3.8, 4) is 0 Å². The highest BCUT2D eigenvalue weighted by molar-refractivity contribution is 5.82. The number of nitrogens with one attached hydrogen (secondary N) is 1. The fraction of sp³-hybridized carbons (Fsp3) is 0.667. The molecule has 1 fully saturated rings. The minimum atomic E-state index is 0.00781. The topological polar surface area (TPSA) is 32.3 Å². The maximum absolute atomic E-state index is 12.8. The molecular weight excluding hydrogens is 296 g/mol. The number of hydrogen-bond acceptors (Lipinski definition) is 2. The molecule has 0 saturated carbocycles. The van der Waals surface area contributed by atoms with Gasteiger partial charge in [-0.1, -0.05) is 69.4 Å². The number of nitrogens with zero attached hydrogens (tertiary/aromatic N) is 1. The largest absolute Gasteiger partial charge is 0.341 e. The summed E-state index contributed by atoms with van der Waals surface area (Å²) >= 11 is 0. The second-order valence-electron chi connectivity index (χ2n) is 6.98. The monoisotopic (exact) mass is 330 g/mol. The molecule has 1 heterocycles. The van der Waals surface area contributed by atoms with Gasteiger partial charge in [0, 0.05) is 13.1 Å². The van der Waals surface area contributed by atoms with Crippen molar-refractivity contribution in [3.05, 3.63) is 35.9 Å². The summed E-state index contributed by atoms with van der Waals surface area (Å²) in [6, 6.07) is 10.5. The van der Waals surface area contributed by atoms with Crippen LogP contribution in [0.3, 0.4) is 0 Å². The highest BCUT2D eigenvalue weighted by Crippen LogP contribution is 2.14. The third kappa shape index (κ3) is 6.64. The Bertz CT molecular complexity index is 454. The Hall–Kier alpha value is -1.35. The van der Waals surface area contributed by atoms with Crippen molar-refractivity contribution in [1.29, 1.82) is 0 Å². The highest BCUT2D eigenvalue weighted by Gasteiger charge is 2.25. The number of hydrogen-bond donors (Lipinski definition) is 1. The minimum Gasteiger partial charge on any atom is -0.341 e. The zero-order valence-corrected chi connectivity index (χ0v) is 15.3. The van der Waals surface area contributed by atoms with E-state index in [0.717, 1.165) is 38.9 Å². The number of carbonyl (C=O) groups is 1. The zero-order valence-electron chi connectivity index (χ0n) is 15.3. The smallest absolute Gasteiger partial charge is 0.239 e. The maximum Gasteiger partial charge on any atom is 0.239 e. The van der Waals surface area contributed by atoms with E-state index in [2.05, 4.69) is 41.4 Å². The van der Waals surface area contributed by atoms with Gasteiger partial charge in [-0.05, 0) is 37.8 Å². The van der Waals surface area contributed by atoms with Crippen LogP contribution in [0.4, 0.5) is 0 Å². The van der Waals surface area contributed by atoms with E-state index in [-0.39, 0.29) is 6.04 Å². The Morgan fingerprint density at radius 1 is 1.08 bits per heavy atom. The Morgan fingerprint density at radius 2 is 1.79 bits per heavy atom. The summed E-state index contributed by atoms with van der Waals surface area (Å²) in [4.78, 5) is 14.8. The summed E-state index contributed by atoms with van der Waals surface area (Å²) in [5.74, 6) is 0.330. The fourth-order valence-electron chi connectivity index (χ4n) is 3.46. The van der Waals surface area contributed by atoms with Gasteiger partial charge < -0.3 is 10.2 Å². The molecular formula is C21H34N2O. The predicted molar refractivity (Wildman–Crippen MR) is 101 cm³/mol. The Balaban J connectivity index is 1.78. The Kier molecular flexibility index (Phi) is 8.90. The molecule has 134 valence electrons. The lowest BCUT2D eigenvalue weighted by Crippen LogP contribution is -2.46. The molecule has 0 aliphatic carbocycles. The molecule has 1 saturated heterocycles. The van der Waals surface area contributed by atoms with Gasteiger partial charge in [-0.25, -0.2) is 0 Å². The van der Waals surface area contributed by atoms with Gasteiger partial charge in [-0.2, -0.15) is 0 Å². The number of carbonyl (C=O) groups excluding carboxylic acids is 1. The number of benzene rings is 1. The molecule has 24 heavy (non-hydrogen) atoms. The molecule has 0 bridgehead atoms.